The lowest BCUT2D eigenvalue weighted by atomic mass is 10.1. The van der Waals surface area contributed by atoms with Gasteiger partial charge in [-0.3, -0.25) is 14.4 Å². The van der Waals surface area contributed by atoms with Crippen LogP contribution in [0.25, 0.3) is 0 Å². The zero-order valence-electron chi connectivity index (χ0n) is 8.66. The Balaban J connectivity index is 4.19. The van der Waals surface area contributed by atoms with Gasteiger partial charge >= 0.3 is 0 Å². The molecule has 0 saturated heterocycles. The van der Waals surface area contributed by atoms with Crippen LogP contribution < -0.4 is 22.1 Å². The first-order chi connectivity index (χ1) is 7.47. The molecule has 0 bridgehead atoms. The molecule has 8 heteroatoms. The summed E-state index contributed by atoms with van der Waals surface area (Å²) in [6, 6.07) is -0.674. The van der Waals surface area contributed by atoms with Gasteiger partial charge in [-0.25, -0.2) is 0 Å². The molecule has 0 radical (unpaired) electrons. The summed E-state index contributed by atoms with van der Waals surface area (Å²) in [5, 5.41) is 4.79. The minimum Gasteiger partial charge on any atom is -0.368 e. The lowest BCUT2D eigenvalue weighted by Crippen LogP contribution is -2.47. The first-order valence-corrected chi connectivity index (χ1v) is 5.77. The largest absolute Gasteiger partial charge is 0.368 e. The van der Waals surface area contributed by atoms with Crippen LogP contribution in [0.2, 0.25) is 0 Å². The maximum Gasteiger partial charge on any atom is 0.281 e. The Kier molecular flexibility index (Phi) is 7.81. The number of amides is 3. The Morgan fingerprint density at radius 2 is 1.94 bits per heavy atom. The van der Waals surface area contributed by atoms with Gasteiger partial charge in [-0.1, -0.05) is 0 Å². The average molecular weight is 342 g/mol. The summed E-state index contributed by atoms with van der Waals surface area (Å²) >= 11 is 1.53. The third-order valence-corrected chi connectivity index (χ3v) is 2.05. The number of primary amides is 1. The summed E-state index contributed by atoms with van der Waals surface area (Å²) in [6.45, 7) is 0.186. The van der Waals surface area contributed by atoms with Crippen LogP contribution in [0, 0.1) is 0 Å². The zero-order valence-corrected chi connectivity index (χ0v) is 10.8. The van der Waals surface area contributed by atoms with Gasteiger partial charge in [0.05, 0.1) is 6.54 Å². The van der Waals surface area contributed by atoms with E-state index in [0.29, 0.717) is 19.4 Å². The predicted molar refractivity (Wildman–Crippen MR) is 66.8 cm³/mol. The fourth-order valence-electron chi connectivity index (χ4n) is 1.03. The van der Waals surface area contributed by atoms with Gasteiger partial charge in [-0.2, -0.15) is 0 Å². The van der Waals surface area contributed by atoms with Crippen LogP contribution in [-0.4, -0.2) is 34.9 Å². The molecule has 0 spiro atoms. The molecule has 0 unspecified atom stereocenters. The van der Waals surface area contributed by atoms with Gasteiger partial charge in [0, 0.05) is 22.6 Å². The molecule has 0 aromatic heterocycles. The van der Waals surface area contributed by atoms with Crippen LogP contribution in [0.5, 0.6) is 0 Å². The molecule has 0 rings (SSSR count). The van der Waals surface area contributed by atoms with Crippen molar-refractivity contribution in [2.75, 3.05) is 13.1 Å². The normalized spacial score (nSPS) is 11.6. The molecule has 7 nitrogen and oxygen atoms in total. The maximum atomic E-state index is 11.5. The first kappa shape index (κ1) is 15.1. The predicted octanol–water partition coefficient (Wildman–Crippen LogP) is -1.16. The summed E-state index contributed by atoms with van der Waals surface area (Å²) in [4.78, 5) is 32.8. The number of hydrogen-bond acceptors (Lipinski definition) is 4. The van der Waals surface area contributed by atoms with E-state index in [9.17, 15) is 14.4 Å². The van der Waals surface area contributed by atoms with E-state index in [0.717, 1.165) is 0 Å². The number of hydrogen-bond donors (Lipinski definition) is 4. The number of nitrogens with two attached hydrogens (primary N) is 2. The van der Waals surface area contributed by atoms with E-state index in [2.05, 4.69) is 10.6 Å². The zero-order chi connectivity index (χ0) is 12.6. The van der Waals surface area contributed by atoms with Crippen LogP contribution in [0.4, 0.5) is 4.79 Å². The van der Waals surface area contributed by atoms with Crippen LogP contribution in [-0.2, 0) is 9.59 Å². The van der Waals surface area contributed by atoms with Crippen molar-refractivity contribution in [1.82, 2.24) is 10.6 Å². The van der Waals surface area contributed by atoms with Crippen LogP contribution in [0.1, 0.15) is 12.8 Å². The van der Waals surface area contributed by atoms with E-state index in [4.69, 9.17) is 11.5 Å². The highest BCUT2D eigenvalue weighted by Gasteiger charge is 2.19. The highest BCUT2D eigenvalue weighted by atomic mass is 127. The van der Waals surface area contributed by atoms with E-state index < -0.39 is 17.9 Å². The summed E-state index contributed by atoms with van der Waals surface area (Å²) in [5.41, 5.74) is 10.2. The van der Waals surface area contributed by atoms with Crippen LogP contribution in [0.15, 0.2) is 0 Å². The Morgan fingerprint density at radius 1 is 1.31 bits per heavy atom. The molecule has 16 heavy (non-hydrogen) atoms. The Bertz CT molecular complexity index is 272. The summed E-state index contributed by atoms with van der Waals surface area (Å²) in [7, 11) is 0. The number of rotatable bonds is 7. The number of carbonyl (C=O) groups excluding carboxylic acids is 3. The van der Waals surface area contributed by atoms with Crippen molar-refractivity contribution in [1.29, 1.82) is 0 Å². The van der Waals surface area contributed by atoms with Crippen molar-refractivity contribution in [2.24, 2.45) is 11.5 Å². The summed E-state index contributed by atoms with van der Waals surface area (Å²) < 4.78 is -0.339. The number of nitrogens with one attached hydrogen (secondary N) is 2. The standard InChI is InChI=1S/C8H15IN4O3/c9-8(16)13-5(2-1-3-10)7(15)12-4-6(11)14/h5H,1-4,10H2,(H2,11,14)(H,12,15)(H,13,16)/t5-/m0/s1. The SMILES string of the molecule is NCCC[C@H](NC(=O)I)C(=O)NCC(N)=O. The molecule has 0 saturated carbocycles. The van der Waals surface area contributed by atoms with Crippen LogP contribution >= 0.6 is 22.6 Å². The van der Waals surface area contributed by atoms with E-state index in [1.165, 1.54) is 22.6 Å². The number of halogens is 1. The molecular formula is C8H15IN4O3. The molecule has 1 atom stereocenters. The molecule has 6 N–H and O–H groups in total. The van der Waals surface area contributed by atoms with Gasteiger partial charge in [0.15, 0.2) is 0 Å². The first-order valence-electron chi connectivity index (χ1n) is 4.69. The highest BCUT2D eigenvalue weighted by Crippen LogP contribution is 1.99. The second-order valence-corrected chi connectivity index (χ2v) is 4.07. The van der Waals surface area contributed by atoms with Crippen molar-refractivity contribution in [3.05, 3.63) is 0 Å². The maximum absolute atomic E-state index is 11.5. The minimum atomic E-state index is -0.674. The van der Waals surface area contributed by atoms with Crippen molar-refractivity contribution < 1.29 is 14.4 Å². The topological polar surface area (TPSA) is 127 Å². The fraction of sp³-hybridized carbons (Fsp3) is 0.625. The second kappa shape index (κ2) is 8.28. The summed E-state index contributed by atoms with van der Waals surface area (Å²) in [6.07, 6.45) is 1.03. The fourth-order valence-corrected chi connectivity index (χ4v) is 1.40. The monoisotopic (exact) mass is 342 g/mol. The molecule has 0 aliphatic heterocycles. The average Bonchev–Trinajstić information content (AvgIpc) is 2.20. The Morgan fingerprint density at radius 3 is 2.38 bits per heavy atom. The van der Waals surface area contributed by atoms with Gasteiger partial charge in [0.25, 0.3) is 3.91 Å². The molecule has 0 aliphatic carbocycles. The number of carbonyl (C=O) groups is 3. The van der Waals surface area contributed by atoms with Crippen molar-refractivity contribution in [3.63, 3.8) is 0 Å². The van der Waals surface area contributed by atoms with Crippen molar-refractivity contribution in [3.8, 4) is 0 Å². The Hall–Kier alpha value is -0.900. The molecule has 0 heterocycles. The molecule has 0 fully saturated rings. The molecule has 0 aromatic rings. The van der Waals surface area contributed by atoms with E-state index in [1.807, 2.05) is 0 Å². The van der Waals surface area contributed by atoms with Gasteiger partial charge in [-0.05, 0) is 19.4 Å². The summed E-state index contributed by atoms with van der Waals surface area (Å²) in [5.74, 6) is -1.07. The Labute approximate surface area is 107 Å². The smallest absolute Gasteiger partial charge is 0.281 e. The van der Waals surface area contributed by atoms with Crippen molar-refractivity contribution >= 4 is 38.3 Å². The third-order valence-electron chi connectivity index (χ3n) is 1.74. The van der Waals surface area contributed by atoms with Crippen LogP contribution in [0.3, 0.4) is 0 Å². The molecule has 3 amide bonds. The lowest BCUT2D eigenvalue weighted by molar-refractivity contribution is -0.126. The van der Waals surface area contributed by atoms with E-state index in [1.54, 1.807) is 0 Å². The van der Waals surface area contributed by atoms with Crippen molar-refractivity contribution in [2.45, 2.75) is 18.9 Å². The van der Waals surface area contributed by atoms with Gasteiger partial charge < -0.3 is 22.1 Å². The van der Waals surface area contributed by atoms with E-state index in [-0.39, 0.29) is 10.5 Å². The molecule has 0 aromatic carbocycles. The molecule has 0 aliphatic rings. The van der Waals surface area contributed by atoms with Gasteiger partial charge in [0.2, 0.25) is 11.8 Å². The van der Waals surface area contributed by atoms with E-state index >= 15 is 0 Å². The lowest BCUT2D eigenvalue weighted by Gasteiger charge is -2.15. The van der Waals surface area contributed by atoms with Gasteiger partial charge in [-0.15, -0.1) is 0 Å². The minimum absolute atomic E-state index is 0.241. The third kappa shape index (κ3) is 7.40. The molecule has 92 valence electrons. The molecular weight excluding hydrogens is 327 g/mol. The second-order valence-electron chi connectivity index (χ2n) is 3.09. The van der Waals surface area contributed by atoms with Gasteiger partial charge in [0.1, 0.15) is 6.04 Å². The highest BCUT2D eigenvalue weighted by molar-refractivity contribution is 14.1. The quantitative estimate of drug-likeness (QED) is 0.264.